The van der Waals surface area contributed by atoms with Gasteiger partial charge in [0.1, 0.15) is 11.3 Å². The maximum absolute atomic E-state index is 13.4. The second-order valence-electron chi connectivity index (χ2n) is 7.00. The monoisotopic (exact) mass is 417 g/mol. The van der Waals surface area contributed by atoms with Gasteiger partial charge in [-0.25, -0.2) is 4.98 Å². The van der Waals surface area contributed by atoms with Gasteiger partial charge in [-0.1, -0.05) is 40.6 Å². The third kappa shape index (κ3) is 4.14. The lowest BCUT2D eigenvalue weighted by atomic mass is 10.0. The number of anilines is 1. The Morgan fingerprint density at radius 2 is 1.93 bits per heavy atom. The van der Waals surface area contributed by atoms with Crippen LogP contribution in [-0.2, 0) is 0 Å². The van der Waals surface area contributed by atoms with Gasteiger partial charge in [-0.3, -0.25) is 9.69 Å². The van der Waals surface area contributed by atoms with Gasteiger partial charge >= 0.3 is 0 Å². The molecule has 1 heterocycles. The van der Waals surface area contributed by atoms with Crippen LogP contribution in [0.5, 0.6) is 5.75 Å². The molecular formula is C21H24ClN3O2S. The number of carbonyl (C=O) groups excluding carboxylic acids is 1. The molecule has 28 heavy (non-hydrogen) atoms. The number of carbonyl (C=O) groups is 1. The van der Waals surface area contributed by atoms with E-state index >= 15 is 0 Å². The molecule has 3 aromatic rings. The molecule has 1 aromatic heterocycles. The van der Waals surface area contributed by atoms with Gasteiger partial charge in [0.25, 0.3) is 5.91 Å². The van der Waals surface area contributed by atoms with Crippen LogP contribution in [-0.4, -0.2) is 50.1 Å². The number of hydrogen-bond acceptors (Lipinski definition) is 5. The first-order valence-corrected chi connectivity index (χ1v) is 10.2. The molecule has 0 aliphatic rings. The van der Waals surface area contributed by atoms with Crippen LogP contribution in [0.4, 0.5) is 5.13 Å². The zero-order valence-electron chi connectivity index (χ0n) is 16.7. The van der Waals surface area contributed by atoms with E-state index in [2.05, 4.69) is 0 Å². The highest BCUT2D eigenvalue weighted by atomic mass is 35.5. The molecule has 3 rings (SSSR count). The molecule has 2 aromatic carbocycles. The molecule has 0 spiro atoms. The quantitative estimate of drug-likeness (QED) is 0.578. The fraction of sp³-hybridized carbons (Fsp3) is 0.333. The van der Waals surface area contributed by atoms with Crippen LogP contribution >= 0.6 is 22.9 Å². The van der Waals surface area contributed by atoms with E-state index in [9.17, 15) is 4.79 Å². The van der Waals surface area contributed by atoms with Crippen molar-refractivity contribution in [1.29, 1.82) is 0 Å². The van der Waals surface area contributed by atoms with E-state index in [4.69, 9.17) is 21.3 Å². The predicted octanol–water partition coefficient (Wildman–Crippen LogP) is 4.78. The van der Waals surface area contributed by atoms with Crippen LogP contribution in [0.2, 0.25) is 5.02 Å². The van der Waals surface area contributed by atoms with Crippen LogP contribution in [0, 0.1) is 13.8 Å². The molecule has 0 aliphatic heterocycles. The van der Waals surface area contributed by atoms with E-state index in [1.165, 1.54) is 11.3 Å². The summed E-state index contributed by atoms with van der Waals surface area (Å²) in [5.41, 5.74) is 3.45. The molecule has 0 atom stereocenters. The van der Waals surface area contributed by atoms with Gasteiger partial charge in [-0.05, 0) is 51.7 Å². The second kappa shape index (κ2) is 8.47. The zero-order valence-corrected chi connectivity index (χ0v) is 18.3. The van der Waals surface area contributed by atoms with Crippen LogP contribution in [0.3, 0.4) is 0 Å². The van der Waals surface area contributed by atoms with Crippen molar-refractivity contribution >= 4 is 44.2 Å². The first-order valence-electron chi connectivity index (χ1n) is 8.98. The summed E-state index contributed by atoms with van der Waals surface area (Å²) in [7, 11) is 5.57. The van der Waals surface area contributed by atoms with Crippen molar-refractivity contribution in [1.82, 2.24) is 9.88 Å². The maximum Gasteiger partial charge on any atom is 0.260 e. The second-order valence-corrected chi connectivity index (χ2v) is 8.39. The molecule has 0 fully saturated rings. The summed E-state index contributed by atoms with van der Waals surface area (Å²) in [6, 6.07) is 9.46. The van der Waals surface area contributed by atoms with Gasteiger partial charge < -0.3 is 9.64 Å². The summed E-state index contributed by atoms with van der Waals surface area (Å²) in [5, 5.41) is 1.22. The molecule has 0 saturated heterocycles. The molecule has 0 aliphatic carbocycles. The van der Waals surface area contributed by atoms with E-state index in [0.29, 0.717) is 33.5 Å². The third-order valence-electron chi connectivity index (χ3n) is 4.53. The Morgan fingerprint density at radius 3 is 2.57 bits per heavy atom. The summed E-state index contributed by atoms with van der Waals surface area (Å²) in [4.78, 5) is 21.9. The van der Waals surface area contributed by atoms with Crippen molar-refractivity contribution < 1.29 is 9.53 Å². The van der Waals surface area contributed by atoms with Gasteiger partial charge in [0.05, 0.1) is 16.8 Å². The highest BCUT2D eigenvalue weighted by Crippen LogP contribution is 2.39. The van der Waals surface area contributed by atoms with Crippen molar-refractivity contribution in [2.24, 2.45) is 0 Å². The number of likely N-dealkylation sites (N-methyl/N-ethyl adjacent to an activating group) is 1. The number of hydrogen-bond donors (Lipinski definition) is 0. The zero-order chi connectivity index (χ0) is 20.4. The summed E-state index contributed by atoms with van der Waals surface area (Å²) in [5.74, 6) is 0.585. The first kappa shape index (κ1) is 20.6. The number of amides is 1. The summed E-state index contributed by atoms with van der Waals surface area (Å²) < 4.78 is 6.24. The van der Waals surface area contributed by atoms with Crippen molar-refractivity contribution in [3.8, 4) is 5.75 Å². The molecule has 0 saturated carbocycles. The number of nitrogens with zero attached hydrogens (tertiary/aromatic N) is 3. The molecule has 0 radical (unpaired) electrons. The minimum Gasteiger partial charge on any atom is -0.494 e. The van der Waals surface area contributed by atoms with Gasteiger partial charge in [-0.2, -0.15) is 0 Å². The number of aryl methyl sites for hydroxylation is 2. The van der Waals surface area contributed by atoms with Crippen molar-refractivity contribution in [2.75, 3.05) is 39.2 Å². The highest BCUT2D eigenvalue weighted by Gasteiger charge is 2.24. The minimum absolute atomic E-state index is 0.0616. The molecule has 1 amide bonds. The Labute approximate surface area is 174 Å². The summed E-state index contributed by atoms with van der Waals surface area (Å²) in [6.45, 7) is 5.23. The number of methoxy groups -OCH3 is 1. The topological polar surface area (TPSA) is 45.7 Å². The van der Waals surface area contributed by atoms with Gasteiger partial charge in [0, 0.05) is 18.7 Å². The number of benzene rings is 2. The lowest BCUT2D eigenvalue weighted by Gasteiger charge is -2.23. The molecular weight excluding hydrogens is 394 g/mol. The number of ether oxygens (including phenoxy) is 1. The fourth-order valence-corrected chi connectivity index (χ4v) is 4.28. The molecule has 0 unspecified atom stereocenters. The van der Waals surface area contributed by atoms with Crippen LogP contribution in [0.25, 0.3) is 10.2 Å². The SMILES string of the molecule is COc1ccc(Cl)c2sc(N(CCN(C)C)C(=O)c3ccc(C)cc3C)nc12. The number of aromatic nitrogens is 1. The van der Waals surface area contributed by atoms with Crippen LogP contribution in [0.1, 0.15) is 21.5 Å². The Morgan fingerprint density at radius 1 is 1.18 bits per heavy atom. The van der Waals surface area contributed by atoms with Gasteiger partial charge in [0.2, 0.25) is 0 Å². The summed E-state index contributed by atoms with van der Waals surface area (Å²) in [6.07, 6.45) is 0. The number of rotatable bonds is 6. The van der Waals surface area contributed by atoms with Crippen molar-refractivity contribution in [3.63, 3.8) is 0 Å². The Hall–Kier alpha value is -2.15. The number of fused-ring (bicyclic) bond motifs is 1. The van der Waals surface area contributed by atoms with Gasteiger partial charge in [-0.15, -0.1) is 0 Å². The maximum atomic E-state index is 13.4. The molecule has 0 N–H and O–H groups in total. The molecule has 7 heteroatoms. The lowest BCUT2D eigenvalue weighted by Crippen LogP contribution is -2.37. The van der Waals surface area contributed by atoms with Crippen molar-refractivity contribution in [3.05, 3.63) is 52.0 Å². The number of thiazole rings is 1. The average Bonchev–Trinajstić information content (AvgIpc) is 3.08. The molecule has 0 bridgehead atoms. The first-order chi connectivity index (χ1) is 13.3. The Kier molecular flexibility index (Phi) is 6.23. The highest BCUT2D eigenvalue weighted by molar-refractivity contribution is 7.23. The minimum atomic E-state index is -0.0616. The summed E-state index contributed by atoms with van der Waals surface area (Å²) >= 11 is 7.78. The lowest BCUT2D eigenvalue weighted by molar-refractivity contribution is 0.0984. The number of halogens is 1. The van der Waals surface area contributed by atoms with E-state index in [-0.39, 0.29) is 5.91 Å². The van der Waals surface area contributed by atoms with E-state index in [0.717, 1.165) is 22.4 Å². The standard InChI is InChI=1S/C21H24ClN3O2S/c1-13-6-7-15(14(2)12-13)20(26)25(11-10-24(3)4)21-23-18-17(27-5)9-8-16(22)19(18)28-21/h6-9,12H,10-11H2,1-5H3. The van der Waals surface area contributed by atoms with E-state index in [1.807, 2.05) is 51.0 Å². The average molecular weight is 418 g/mol. The normalized spacial score (nSPS) is 11.2. The smallest absolute Gasteiger partial charge is 0.260 e. The van der Waals surface area contributed by atoms with E-state index in [1.54, 1.807) is 24.1 Å². The third-order valence-corrected chi connectivity index (χ3v) is 6.06. The molecule has 5 nitrogen and oxygen atoms in total. The van der Waals surface area contributed by atoms with Crippen LogP contribution < -0.4 is 9.64 Å². The largest absolute Gasteiger partial charge is 0.494 e. The molecule has 148 valence electrons. The predicted molar refractivity (Wildman–Crippen MR) is 117 cm³/mol. The Bertz CT molecular complexity index is 1020. The fourth-order valence-electron chi connectivity index (χ4n) is 3.00. The van der Waals surface area contributed by atoms with Crippen LogP contribution in [0.15, 0.2) is 30.3 Å². The van der Waals surface area contributed by atoms with Crippen molar-refractivity contribution in [2.45, 2.75) is 13.8 Å². The Balaban J connectivity index is 2.08. The van der Waals surface area contributed by atoms with E-state index < -0.39 is 0 Å². The van der Waals surface area contributed by atoms with Gasteiger partial charge in [0.15, 0.2) is 5.13 Å².